The van der Waals surface area contributed by atoms with Crippen molar-refractivity contribution in [2.75, 3.05) is 5.32 Å². The fourth-order valence-corrected chi connectivity index (χ4v) is 6.62. The van der Waals surface area contributed by atoms with Crippen molar-refractivity contribution in [3.05, 3.63) is 28.8 Å². The molecule has 4 fully saturated rings. The molecule has 0 saturated heterocycles. The molecule has 0 spiro atoms. The van der Waals surface area contributed by atoms with Crippen molar-refractivity contribution in [2.24, 2.45) is 23.2 Å². The Bertz CT molecular complexity index is 603. The zero-order valence-corrected chi connectivity index (χ0v) is 12.8. The third-order valence-electron chi connectivity index (χ3n) is 6.57. The number of hydrogen-bond donors (Lipinski definition) is 1. The zero-order valence-electron chi connectivity index (χ0n) is 12.1. The highest BCUT2D eigenvalue weighted by Gasteiger charge is 2.57. The lowest BCUT2D eigenvalue weighted by molar-refractivity contribution is -0.127. The van der Waals surface area contributed by atoms with Crippen molar-refractivity contribution >= 4 is 23.2 Å². The van der Waals surface area contributed by atoms with Gasteiger partial charge in [0.15, 0.2) is 0 Å². The molecule has 110 valence electrons. The molecule has 21 heavy (non-hydrogen) atoms. The number of nitrogens with one attached hydrogen (secondary N) is 1. The predicted octanol–water partition coefficient (Wildman–Crippen LogP) is 4.59. The Labute approximate surface area is 130 Å². The molecule has 3 heteroatoms. The van der Waals surface area contributed by atoms with Gasteiger partial charge in [-0.25, -0.2) is 0 Å². The van der Waals surface area contributed by atoms with Crippen LogP contribution < -0.4 is 5.32 Å². The number of benzene rings is 1. The molecular weight excluding hydrogens is 282 g/mol. The van der Waals surface area contributed by atoms with E-state index in [1.807, 2.05) is 12.1 Å². The fourth-order valence-electron chi connectivity index (χ4n) is 6.39. The number of hydrogen-bond acceptors (Lipinski definition) is 1. The molecular formula is C18H20ClNO. The summed E-state index contributed by atoms with van der Waals surface area (Å²) < 4.78 is 0. The number of halogens is 1. The predicted molar refractivity (Wildman–Crippen MR) is 83.4 cm³/mol. The van der Waals surface area contributed by atoms with Crippen molar-refractivity contribution in [1.29, 1.82) is 0 Å². The van der Waals surface area contributed by atoms with E-state index >= 15 is 0 Å². The van der Waals surface area contributed by atoms with Gasteiger partial charge in [-0.1, -0.05) is 23.7 Å². The normalized spacial score (nSPS) is 43.0. The lowest BCUT2D eigenvalue weighted by Crippen LogP contribution is -2.50. The van der Waals surface area contributed by atoms with Crippen LogP contribution in [-0.4, -0.2) is 5.91 Å². The highest BCUT2D eigenvalue weighted by Crippen LogP contribution is 2.66. The van der Waals surface area contributed by atoms with Crippen LogP contribution in [-0.2, 0) is 4.79 Å². The molecule has 1 aliphatic heterocycles. The topological polar surface area (TPSA) is 29.1 Å². The summed E-state index contributed by atoms with van der Waals surface area (Å²) >= 11 is 6.29. The standard InChI is InChI=1S/C18H20ClNO/c19-14-3-1-2-13-15(17(21)20-16(13)14)18-7-10-4-11(8-18)6-12(5-10)9-18/h1-3,10-12,15H,4-9H2,(H,20,21). The maximum atomic E-state index is 12.7. The number of rotatable bonds is 1. The summed E-state index contributed by atoms with van der Waals surface area (Å²) in [5.74, 6) is 2.84. The maximum Gasteiger partial charge on any atom is 0.232 e. The minimum atomic E-state index is 0.0413. The van der Waals surface area contributed by atoms with Gasteiger partial charge in [-0.2, -0.15) is 0 Å². The Morgan fingerprint density at radius 3 is 2.29 bits per heavy atom. The largest absolute Gasteiger partial charge is 0.324 e. The van der Waals surface area contributed by atoms with Crippen molar-refractivity contribution < 1.29 is 4.79 Å². The summed E-state index contributed by atoms with van der Waals surface area (Å²) in [5, 5.41) is 3.76. The van der Waals surface area contributed by atoms with Gasteiger partial charge in [0, 0.05) is 0 Å². The Morgan fingerprint density at radius 2 is 1.67 bits per heavy atom. The summed E-state index contributed by atoms with van der Waals surface area (Å²) in [6, 6.07) is 5.99. The first kappa shape index (κ1) is 12.5. The molecule has 1 unspecified atom stereocenters. The van der Waals surface area contributed by atoms with Gasteiger partial charge in [-0.05, 0) is 73.3 Å². The molecule has 4 bridgehead atoms. The Morgan fingerprint density at radius 1 is 1.05 bits per heavy atom. The molecule has 0 radical (unpaired) electrons. The first-order chi connectivity index (χ1) is 10.1. The third-order valence-corrected chi connectivity index (χ3v) is 6.88. The second kappa shape index (κ2) is 4.04. The molecule has 1 heterocycles. The van der Waals surface area contributed by atoms with Crippen LogP contribution in [0.5, 0.6) is 0 Å². The molecule has 1 aromatic rings. The number of anilines is 1. The summed E-state index contributed by atoms with van der Waals surface area (Å²) in [5.41, 5.74) is 2.26. The Kier molecular flexibility index (Phi) is 2.41. The van der Waals surface area contributed by atoms with Gasteiger partial charge in [0.05, 0.1) is 16.6 Å². The average Bonchev–Trinajstić information content (AvgIpc) is 2.75. The molecule has 1 N–H and O–H groups in total. The van der Waals surface area contributed by atoms with Crippen molar-refractivity contribution in [1.82, 2.24) is 0 Å². The van der Waals surface area contributed by atoms with E-state index in [-0.39, 0.29) is 17.2 Å². The molecule has 1 atom stereocenters. The summed E-state index contributed by atoms with van der Waals surface area (Å²) in [6.45, 7) is 0. The molecule has 2 nitrogen and oxygen atoms in total. The number of para-hydroxylation sites is 1. The van der Waals surface area contributed by atoms with Gasteiger partial charge in [-0.3, -0.25) is 4.79 Å². The van der Waals surface area contributed by atoms with Crippen molar-refractivity contribution in [2.45, 2.75) is 44.4 Å². The van der Waals surface area contributed by atoms with Gasteiger partial charge in [-0.15, -0.1) is 0 Å². The van der Waals surface area contributed by atoms with E-state index in [1.54, 1.807) is 0 Å². The molecule has 4 aliphatic carbocycles. The van der Waals surface area contributed by atoms with Crippen LogP contribution in [0.15, 0.2) is 18.2 Å². The van der Waals surface area contributed by atoms with Crippen LogP contribution in [0.2, 0.25) is 5.02 Å². The van der Waals surface area contributed by atoms with E-state index in [0.29, 0.717) is 5.02 Å². The SMILES string of the molecule is O=C1Nc2c(Cl)cccc2C1C12CC3CC(CC(C3)C1)C2. The van der Waals surface area contributed by atoms with Crippen LogP contribution in [0.4, 0.5) is 5.69 Å². The average molecular weight is 302 g/mol. The van der Waals surface area contributed by atoms with Gasteiger partial charge >= 0.3 is 0 Å². The van der Waals surface area contributed by atoms with E-state index in [2.05, 4.69) is 11.4 Å². The first-order valence-electron chi connectivity index (χ1n) is 8.24. The van der Waals surface area contributed by atoms with E-state index < -0.39 is 0 Å². The van der Waals surface area contributed by atoms with Crippen LogP contribution in [0.25, 0.3) is 0 Å². The van der Waals surface area contributed by atoms with Crippen LogP contribution in [0.3, 0.4) is 0 Å². The molecule has 5 aliphatic rings. The highest BCUT2D eigenvalue weighted by molar-refractivity contribution is 6.34. The van der Waals surface area contributed by atoms with E-state index in [1.165, 1.54) is 38.5 Å². The van der Waals surface area contributed by atoms with Gasteiger partial charge in [0.2, 0.25) is 5.91 Å². The maximum absolute atomic E-state index is 12.7. The zero-order chi connectivity index (χ0) is 14.2. The quantitative estimate of drug-likeness (QED) is 0.807. The number of carbonyl (C=O) groups excluding carboxylic acids is 1. The minimum Gasteiger partial charge on any atom is -0.324 e. The lowest BCUT2D eigenvalue weighted by atomic mass is 9.46. The van der Waals surface area contributed by atoms with Gasteiger partial charge in [0.1, 0.15) is 0 Å². The number of fused-ring (bicyclic) bond motifs is 1. The van der Waals surface area contributed by atoms with Crippen LogP contribution >= 0.6 is 11.6 Å². The van der Waals surface area contributed by atoms with Crippen molar-refractivity contribution in [3.8, 4) is 0 Å². The molecule has 0 aromatic heterocycles. The van der Waals surface area contributed by atoms with Gasteiger partial charge in [0.25, 0.3) is 0 Å². The van der Waals surface area contributed by atoms with E-state index in [0.717, 1.165) is 29.0 Å². The van der Waals surface area contributed by atoms with Crippen molar-refractivity contribution in [3.63, 3.8) is 0 Å². The Balaban J connectivity index is 1.62. The second-order valence-electron chi connectivity index (χ2n) is 7.91. The monoisotopic (exact) mass is 301 g/mol. The fraction of sp³-hybridized carbons (Fsp3) is 0.611. The smallest absolute Gasteiger partial charge is 0.232 e. The minimum absolute atomic E-state index is 0.0413. The molecule has 1 aromatic carbocycles. The summed E-state index contributed by atoms with van der Waals surface area (Å²) in [7, 11) is 0. The molecule has 6 rings (SSSR count). The number of amides is 1. The van der Waals surface area contributed by atoms with E-state index in [9.17, 15) is 4.79 Å². The Hall–Kier alpha value is -1.02. The number of carbonyl (C=O) groups is 1. The van der Waals surface area contributed by atoms with Crippen LogP contribution in [0.1, 0.15) is 50.0 Å². The summed E-state index contributed by atoms with van der Waals surface area (Å²) in [6.07, 6.45) is 8.00. The van der Waals surface area contributed by atoms with Gasteiger partial charge < -0.3 is 5.32 Å². The van der Waals surface area contributed by atoms with Crippen LogP contribution in [0, 0.1) is 23.2 Å². The molecule has 4 saturated carbocycles. The second-order valence-corrected chi connectivity index (χ2v) is 8.31. The van der Waals surface area contributed by atoms with E-state index in [4.69, 9.17) is 11.6 Å². The highest BCUT2D eigenvalue weighted by atomic mass is 35.5. The first-order valence-corrected chi connectivity index (χ1v) is 8.62. The lowest BCUT2D eigenvalue weighted by Gasteiger charge is -2.58. The summed E-state index contributed by atoms with van der Waals surface area (Å²) in [4.78, 5) is 12.7. The third kappa shape index (κ3) is 1.63. The molecule has 1 amide bonds.